The molecule has 18 heavy (non-hydrogen) atoms. The van der Waals surface area contributed by atoms with Gasteiger partial charge in [0.15, 0.2) is 0 Å². The van der Waals surface area contributed by atoms with Crippen molar-refractivity contribution >= 4 is 11.9 Å². The maximum atomic E-state index is 12.3. The largest absolute Gasteiger partial charge is 0.481 e. The lowest BCUT2D eigenvalue weighted by atomic mass is 9.94. The second kappa shape index (κ2) is 6.21. The van der Waals surface area contributed by atoms with E-state index in [2.05, 4.69) is 13.8 Å². The summed E-state index contributed by atoms with van der Waals surface area (Å²) in [7, 11) is 1.79. The fourth-order valence-electron chi connectivity index (χ4n) is 2.81. The van der Waals surface area contributed by atoms with Crippen LogP contribution in [0, 0.1) is 23.7 Å². The minimum absolute atomic E-state index is 0.00653. The predicted molar refractivity (Wildman–Crippen MR) is 70.1 cm³/mol. The Kier molecular flexibility index (Phi) is 5.17. The number of amides is 1. The Morgan fingerprint density at radius 2 is 1.89 bits per heavy atom. The van der Waals surface area contributed by atoms with Gasteiger partial charge in [-0.1, -0.05) is 27.2 Å². The van der Waals surface area contributed by atoms with Gasteiger partial charge in [0.2, 0.25) is 5.91 Å². The summed E-state index contributed by atoms with van der Waals surface area (Å²) in [6.45, 7) is 6.95. The van der Waals surface area contributed by atoms with Crippen molar-refractivity contribution in [3.8, 4) is 0 Å². The van der Waals surface area contributed by atoms with Gasteiger partial charge in [-0.05, 0) is 24.7 Å². The molecule has 1 aliphatic rings. The average Bonchev–Trinajstić information content (AvgIpc) is 2.70. The van der Waals surface area contributed by atoms with E-state index in [1.165, 1.54) is 0 Å². The van der Waals surface area contributed by atoms with E-state index in [9.17, 15) is 14.7 Å². The van der Waals surface area contributed by atoms with E-state index in [4.69, 9.17) is 0 Å². The van der Waals surface area contributed by atoms with E-state index in [1.807, 2.05) is 6.92 Å². The molecule has 0 radical (unpaired) electrons. The van der Waals surface area contributed by atoms with E-state index in [-0.39, 0.29) is 11.8 Å². The van der Waals surface area contributed by atoms with Gasteiger partial charge in [0.1, 0.15) is 0 Å². The summed E-state index contributed by atoms with van der Waals surface area (Å²) in [6, 6.07) is 0. The van der Waals surface area contributed by atoms with Crippen molar-refractivity contribution in [1.82, 2.24) is 4.90 Å². The third-order valence-electron chi connectivity index (χ3n) is 4.09. The van der Waals surface area contributed by atoms with Gasteiger partial charge in [-0.3, -0.25) is 9.59 Å². The highest BCUT2D eigenvalue weighted by atomic mass is 16.4. The maximum absolute atomic E-state index is 12.3. The molecule has 0 aromatic heterocycles. The van der Waals surface area contributed by atoms with Crippen molar-refractivity contribution in [1.29, 1.82) is 0 Å². The van der Waals surface area contributed by atoms with Crippen molar-refractivity contribution in [2.45, 2.75) is 40.0 Å². The fraction of sp³-hybridized carbons (Fsp3) is 0.857. The number of carbonyl (C=O) groups excluding carboxylic acids is 1. The highest BCUT2D eigenvalue weighted by molar-refractivity contribution is 5.85. The minimum atomic E-state index is -0.824. The van der Waals surface area contributed by atoms with Crippen LogP contribution in [0.1, 0.15) is 40.0 Å². The van der Waals surface area contributed by atoms with Crippen LogP contribution >= 0.6 is 0 Å². The van der Waals surface area contributed by atoms with Crippen molar-refractivity contribution < 1.29 is 14.7 Å². The lowest BCUT2D eigenvalue weighted by Crippen LogP contribution is -2.38. The minimum Gasteiger partial charge on any atom is -0.481 e. The van der Waals surface area contributed by atoms with Gasteiger partial charge in [0.05, 0.1) is 11.8 Å². The molecule has 1 fully saturated rings. The van der Waals surface area contributed by atoms with Crippen LogP contribution in [-0.4, -0.2) is 35.5 Å². The number of rotatable bonds is 5. The SMILES string of the molecule is CCC(C)CN(C)C(=O)C1CC(C)CC1C(=O)O. The summed E-state index contributed by atoms with van der Waals surface area (Å²) < 4.78 is 0. The second-order valence-electron chi connectivity index (χ2n) is 5.86. The molecule has 1 aliphatic carbocycles. The summed E-state index contributed by atoms with van der Waals surface area (Å²) >= 11 is 0. The quantitative estimate of drug-likeness (QED) is 0.819. The number of carbonyl (C=O) groups is 2. The summed E-state index contributed by atoms with van der Waals surface area (Å²) in [4.78, 5) is 25.2. The maximum Gasteiger partial charge on any atom is 0.307 e. The molecule has 1 amide bonds. The summed E-state index contributed by atoms with van der Waals surface area (Å²) in [6.07, 6.45) is 2.37. The van der Waals surface area contributed by atoms with Gasteiger partial charge in [0, 0.05) is 13.6 Å². The molecule has 1 saturated carbocycles. The third kappa shape index (κ3) is 3.47. The van der Waals surface area contributed by atoms with Gasteiger partial charge in [0.25, 0.3) is 0 Å². The Morgan fingerprint density at radius 3 is 2.39 bits per heavy atom. The molecule has 0 aromatic rings. The first-order valence-electron chi connectivity index (χ1n) is 6.84. The van der Waals surface area contributed by atoms with Crippen LogP contribution in [0.15, 0.2) is 0 Å². The smallest absolute Gasteiger partial charge is 0.307 e. The number of nitrogens with zero attached hydrogens (tertiary/aromatic N) is 1. The van der Waals surface area contributed by atoms with Gasteiger partial charge < -0.3 is 10.0 Å². The molecule has 0 saturated heterocycles. The lowest BCUT2D eigenvalue weighted by Gasteiger charge is -2.25. The monoisotopic (exact) mass is 255 g/mol. The molecular weight excluding hydrogens is 230 g/mol. The molecule has 0 aromatic carbocycles. The zero-order valence-corrected chi connectivity index (χ0v) is 11.8. The number of hydrogen-bond acceptors (Lipinski definition) is 2. The molecule has 104 valence electrons. The van der Waals surface area contributed by atoms with Crippen LogP contribution in [0.5, 0.6) is 0 Å². The van der Waals surface area contributed by atoms with Crippen LogP contribution in [-0.2, 0) is 9.59 Å². The first-order valence-corrected chi connectivity index (χ1v) is 6.84. The van der Waals surface area contributed by atoms with Crippen LogP contribution in [0.3, 0.4) is 0 Å². The standard InChI is InChI=1S/C14H25NO3/c1-5-9(2)8-15(4)13(16)11-6-10(3)7-12(11)14(17)18/h9-12H,5-8H2,1-4H3,(H,17,18). The lowest BCUT2D eigenvalue weighted by molar-refractivity contribution is -0.148. The Bertz CT molecular complexity index is 316. The molecule has 1 rings (SSSR count). The zero-order valence-electron chi connectivity index (χ0n) is 11.8. The third-order valence-corrected chi connectivity index (χ3v) is 4.09. The molecule has 4 atom stereocenters. The Balaban J connectivity index is 2.67. The molecule has 4 unspecified atom stereocenters. The number of carboxylic acids is 1. The Hall–Kier alpha value is -1.06. The molecule has 0 spiro atoms. The van der Waals surface area contributed by atoms with Gasteiger partial charge in [-0.2, -0.15) is 0 Å². The van der Waals surface area contributed by atoms with Crippen molar-refractivity contribution in [2.75, 3.05) is 13.6 Å². The van der Waals surface area contributed by atoms with E-state index >= 15 is 0 Å². The summed E-state index contributed by atoms with van der Waals surface area (Å²) in [5.41, 5.74) is 0. The first-order chi connectivity index (χ1) is 8.36. The normalized spacial score (nSPS) is 29.0. The van der Waals surface area contributed by atoms with Gasteiger partial charge >= 0.3 is 5.97 Å². The number of aliphatic carboxylic acids is 1. The van der Waals surface area contributed by atoms with Gasteiger partial charge in [-0.25, -0.2) is 0 Å². The molecule has 0 bridgehead atoms. The predicted octanol–water partition coefficient (Wildman–Crippen LogP) is 2.24. The Labute approximate surface area is 109 Å². The second-order valence-corrected chi connectivity index (χ2v) is 5.86. The van der Waals surface area contributed by atoms with Crippen LogP contribution in [0.25, 0.3) is 0 Å². The average molecular weight is 255 g/mol. The molecule has 1 N–H and O–H groups in total. The van der Waals surface area contributed by atoms with Crippen LogP contribution < -0.4 is 0 Å². The molecule has 4 heteroatoms. The molecular formula is C14H25NO3. The number of hydrogen-bond donors (Lipinski definition) is 1. The first kappa shape index (κ1) is 15.0. The highest BCUT2D eigenvalue weighted by Crippen LogP contribution is 2.37. The van der Waals surface area contributed by atoms with Gasteiger partial charge in [-0.15, -0.1) is 0 Å². The van der Waals surface area contributed by atoms with E-state index in [0.29, 0.717) is 31.2 Å². The summed E-state index contributed by atoms with van der Waals surface area (Å²) in [5.74, 6) is -0.849. The van der Waals surface area contributed by atoms with Crippen LogP contribution in [0.4, 0.5) is 0 Å². The fourth-order valence-corrected chi connectivity index (χ4v) is 2.81. The summed E-state index contributed by atoms with van der Waals surface area (Å²) in [5, 5.41) is 9.19. The number of carboxylic acid groups (broad SMARTS) is 1. The van der Waals surface area contributed by atoms with Crippen molar-refractivity contribution in [3.63, 3.8) is 0 Å². The van der Waals surface area contributed by atoms with Crippen molar-refractivity contribution in [3.05, 3.63) is 0 Å². The highest BCUT2D eigenvalue weighted by Gasteiger charge is 2.42. The van der Waals surface area contributed by atoms with E-state index in [1.54, 1.807) is 11.9 Å². The van der Waals surface area contributed by atoms with Crippen LogP contribution in [0.2, 0.25) is 0 Å². The van der Waals surface area contributed by atoms with Crippen molar-refractivity contribution in [2.24, 2.45) is 23.7 Å². The Morgan fingerprint density at radius 1 is 1.33 bits per heavy atom. The molecule has 0 aliphatic heterocycles. The topological polar surface area (TPSA) is 57.6 Å². The van der Waals surface area contributed by atoms with E-state index < -0.39 is 11.9 Å². The molecule has 0 heterocycles. The zero-order chi connectivity index (χ0) is 13.9. The molecule has 4 nitrogen and oxygen atoms in total. The van der Waals surface area contributed by atoms with E-state index in [0.717, 1.165) is 6.42 Å².